The number of aromatic nitrogens is 2. The second-order valence-corrected chi connectivity index (χ2v) is 22.4. The van der Waals surface area contributed by atoms with Crippen molar-refractivity contribution in [1.82, 2.24) is 19.8 Å². The molecule has 0 radical (unpaired) electrons. The lowest BCUT2D eigenvalue weighted by atomic mass is 9.89. The van der Waals surface area contributed by atoms with Gasteiger partial charge >= 0.3 is 11.9 Å². The minimum Gasteiger partial charge on any atom is -0.480 e. The Bertz CT molecular complexity index is 2370. The maximum Gasteiger partial charge on any atom is 0.325 e. The molecule has 16 heteroatoms. The number of benzene rings is 2. The molecule has 4 unspecified atom stereocenters. The van der Waals surface area contributed by atoms with Crippen molar-refractivity contribution < 1.29 is 47.5 Å². The largest absolute Gasteiger partial charge is 0.480 e. The molecule has 2 aromatic heterocycles. The molecule has 14 nitrogen and oxygen atoms in total. The van der Waals surface area contributed by atoms with E-state index in [1.54, 1.807) is 13.8 Å². The number of hydrogen-bond acceptors (Lipinski definition) is 12. The number of anilines is 2. The van der Waals surface area contributed by atoms with Crippen LogP contribution in [0.3, 0.4) is 0 Å². The van der Waals surface area contributed by atoms with Gasteiger partial charge in [0.2, 0.25) is 0 Å². The number of nitrogens with zero attached hydrogens (tertiary/aromatic N) is 4. The molecule has 0 aliphatic carbocycles. The second-order valence-electron chi connectivity index (χ2n) is 22.4. The van der Waals surface area contributed by atoms with Crippen LogP contribution in [0.2, 0.25) is 0 Å². The Labute approximate surface area is 447 Å². The molecule has 8 heterocycles. The summed E-state index contributed by atoms with van der Waals surface area (Å²) in [7, 11) is 0. The second kappa shape index (κ2) is 26.0. The van der Waals surface area contributed by atoms with Crippen molar-refractivity contribution in [3.05, 3.63) is 118 Å². The van der Waals surface area contributed by atoms with Crippen molar-refractivity contribution in [1.29, 1.82) is 0 Å². The van der Waals surface area contributed by atoms with E-state index < -0.39 is 35.4 Å². The summed E-state index contributed by atoms with van der Waals surface area (Å²) in [5.41, 5.74) is 5.38. The summed E-state index contributed by atoms with van der Waals surface area (Å²) < 4.78 is 52.6. The van der Waals surface area contributed by atoms with Gasteiger partial charge in [0.25, 0.3) is 0 Å². The van der Waals surface area contributed by atoms with Gasteiger partial charge in [0.1, 0.15) is 35.1 Å². The number of fused-ring (bicyclic) bond motifs is 2. The van der Waals surface area contributed by atoms with Crippen LogP contribution >= 0.6 is 0 Å². The number of carboxylic acids is 2. The van der Waals surface area contributed by atoms with Crippen molar-refractivity contribution in [3.8, 4) is 0 Å². The third kappa shape index (κ3) is 14.7. The Morgan fingerprint density at radius 2 is 1.08 bits per heavy atom. The highest BCUT2D eigenvalue weighted by molar-refractivity contribution is 5.77. The maximum absolute atomic E-state index is 14.3. The summed E-state index contributed by atoms with van der Waals surface area (Å²) in [4.78, 5) is 38.5. The number of pyridine rings is 2. The lowest BCUT2D eigenvalue weighted by molar-refractivity contribution is -0.144. The number of ether oxygens (including phenoxy) is 4. The zero-order chi connectivity index (χ0) is 53.1. The molecule has 412 valence electrons. The SMILES string of the molecule is CC1(F)CCC(c2ccccc2[C@@H](C(=O)O)N2CC[C@@H](OCCCCc3ccc4c(n3)NCCC4)C2)OC1.CC1(F)CCC(c2ccccc2[C@H](C(=O)O)N2CC[C@@H](OCCCCc3ccc4c(n3)NCCC4)C2)OC1. The molecule has 76 heavy (non-hydrogen) atoms. The van der Waals surface area contributed by atoms with E-state index in [4.69, 9.17) is 28.9 Å². The van der Waals surface area contributed by atoms with E-state index in [-0.39, 0.29) is 37.6 Å². The average molecular weight is 1050 g/mol. The number of carbonyl (C=O) groups is 2. The van der Waals surface area contributed by atoms with E-state index in [9.17, 15) is 28.6 Å². The molecule has 8 atom stereocenters. The lowest BCUT2D eigenvalue weighted by Crippen LogP contribution is -2.36. The van der Waals surface area contributed by atoms with Gasteiger partial charge < -0.3 is 39.8 Å². The normalized spacial score (nSPS) is 26.5. The Morgan fingerprint density at radius 3 is 1.49 bits per heavy atom. The van der Waals surface area contributed by atoms with Crippen LogP contribution < -0.4 is 10.6 Å². The smallest absolute Gasteiger partial charge is 0.325 e. The minimum absolute atomic E-state index is 0.0215. The number of aliphatic carboxylic acids is 2. The zero-order valence-electron chi connectivity index (χ0n) is 44.7. The Hall–Kier alpha value is -5.10. The van der Waals surface area contributed by atoms with E-state index in [2.05, 4.69) is 34.9 Å². The Balaban J connectivity index is 0.000000186. The number of likely N-dealkylation sites (tertiary alicyclic amines) is 2. The molecule has 2 aromatic carbocycles. The molecule has 4 aromatic rings. The number of unbranched alkanes of at least 4 members (excludes halogenated alkanes) is 2. The fraction of sp³-hybridized carbons (Fsp3) is 0.600. The van der Waals surface area contributed by atoms with Crippen molar-refractivity contribution in [2.24, 2.45) is 0 Å². The van der Waals surface area contributed by atoms with Crippen molar-refractivity contribution in [2.45, 2.75) is 164 Å². The van der Waals surface area contributed by atoms with Crippen LogP contribution in [0.15, 0.2) is 72.8 Å². The molecule has 4 fully saturated rings. The van der Waals surface area contributed by atoms with Gasteiger partial charge in [0.05, 0.1) is 37.6 Å². The number of hydrogen-bond donors (Lipinski definition) is 4. The van der Waals surface area contributed by atoms with Gasteiger partial charge in [-0.05, 0) is 162 Å². The molecule has 10 rings (SSSR count). The standard InChI is InChI=1S/2C30H40FN3O4/c2*1-30(31)15-13-26(38-20-30)24-9-2-3-10-25(24)27(29(35)36)34-17-14-23(19-34)37-18-5-4-8-22-12-11-21-7-6-16-32-28(21)33-22/h2*2-3,9-12,23,26-27H,4-8,13-20H2,1H3,(H,32,33)(H,35,36)/t23-,26?,27+,30?;23-,26?,27-,30?/m11/s1. The maximum atomic E-state index is 14.3. The predicted molar refractivity (Wildman–Crippen MR) is 288 cm³/mol. The molecule has 4 saturated heterocycles. The molecule has 6 aliphatic heterocycles. The van der Waals surface area contributed by atoms with E-state index in [1.165, 1.54) is 24.0 Å². The molecule has 6 aliphatic rings. The van der Waals surface area contributed by atoms with E-state index in [0.29, 0.717) is 65.1 Å². The number of carboxylic acid groups (broad SMARTS) is 2. The fourth-order valence-electron chi connectivity index (χ4n) is 11.9. The number of halogens is 2. The van der Waals surface area contributed by atoms with Crippen LogP contribution in [-0.2, 0) is 54.2 Å². The number of nitrogens with one attached hydrogen (secondary N) is 2. The Kier molecular flexibility index (Phi) is 19.1. The van der Waals surface area contributed by atoms with Gasteiger partial charge in [-0.3, -0.25) is 19.4 Å². The third-order valence-electron chi connectivity index (χ3n) is 16.1. The van der Waals surface area contributed by atoms with Crippen LogP contribution in [0.25, 0.3) is 0 Å². The average Bonchev–Trinajstić information content (AvgIpc) is 4.09. The summed E-state index contributed by atoms with van der Waals surface area (Å²) in [5.74, 6) is 0.329. The van der Waals surface area contributed by atoms with E-state index in [1.807, 2.05) is 58.3 Å². The van der Waals surface area contributed by atoms with Gasteiger partial charge in [0.15, 0.2) is 0 Å². The number of aryl methyl sites for hydroxylation is 4. The number of alkyl halides is 2. The molecular formula is C60H80F2N6O8. The van der Waals surface area contributed by atoms with Gasteiger partial charge in [0, 0.05) is 63.9 Å². The molecular weight excluding hydrogens is 971 g/mol. The molecule has 0 saturated carbocycles. The lowest BCUT2D eigenvalue weighted by Gasteiger charge is -2.34. The monoisotopic (exact) mass is 1050 g/mol. The van der Waals surface area contributed by atoms with Crippen molar-refractivity contribution in [2.75, 3.05) is 76.3 Å². The Morgan fingerprint density at radius 1 is 0.645 bits per heavy atom. The topological polar surface area (TPSA) is 168 Å². The van der Waals surface area contributed by atoms with E-state index in [0.717, 1.165) is 123 Å². The summed E-state index contributed by atoms with van der Waals surface area (Å²) >= 11 is 0. The van der Waals surface area contributed by atoms with Gasteiger partial charge in [-0.2, -0.15) is 0 Å². The summed E-state index contributed by atoms with van der Waals surface area (Å²) in [5, 5.41) is 27.2. The summed E-state index contributed by atoms with van der Waals surface area (Å²) in [6, 6.07) is 22.3. The van der Waals surface area contributed by atoms with Crippen LogP contribution in [0.4, 0.5) is 20.4 Å². The molecule has 4 N–H and O–H groups in total. The highest BCUT2D eigenvalue weighted by atomic mass is 19.1. The highest BCUT2D eigenvalue weighted by Gasteiger charge is 2.40. The fourth-order valence-corrected chi connectivity index (χ4v) is 11.9. The first kappa shape index (κ1) is 55.6. The van der Waals surface area contributed by atoms with Gasteiger partial charge in [-0.1, -0.05) is 60.7 Å². The van der Waals surface area contributed by atoms with Crippen LogP contribution in [0, 0.1) is 0 Å². The highest BCUT2D eigenvalue weighted by Crippen LogP contribution is 2.41. The quantitative estimate of drug-likeness (QED) is 0.0617. The first-order chi connectivity index (χ1) is 36.8. The van der Waals surface area contributed by atoms with Crippen LogP contribution in [-0.4, -0.2) is 131 Å². The van der Waals surface area contributed by atoms with Crippen molar-refractivity contribution >= 4 is 23.6 Å². The molecule has 0 amide bonds. The van der Waals surface area contributed by atoms with Crippen LogP contribution in [0.5, 0.6) is 0 Å². The molecule has 0 spiro atoms. The van der Waals surface area contributed by atoms with Gasteiger partial charge in [-0.15, -0.1) is 0 Å². The van der Waals surface area contributed by atoms with Crippen molar-refractivity contribution in [3.63, 3.8) is 0 Å². The third-order valence-corrected chi connectivity index (χ3v) is 16.1. The summed E-state index contributed by atoms with van der Waals surface area (Å²) in [6.45, 7) is 8.98. The zero-order valence-corrected chi connectivity index (χ0v) is 44.7. The first-order valence-corrected chi connectivity index (χ1v) is 28.2. The molecule has 0 bridgehead atoms. The predicted octanol–water partition coefficient (Wildman–Crippen LogP) is 10.5. The van der Waals surface area contributed by atoms with Crippen LogP contribution in [0.1, 0.15) is 160 Å². The minimum atomic E-state index is -1.33. The van der Waals surface area contributed by atoms with E-state index >= 15 is 0 Å². The number of rotatable bonds is 20. The van der Waals surface area contributed by atoms with Gasteiger partial charge in [-0.25, -0.2) is 18.7 Å². The summed E-state index contributed by atoms with van der Waals surface area (Å²) in [6.07, 6.45) is 13.3. The first-order valence-electron chi connectivity index (χ1n) is 28.2.